The number of nitrogens with one attached hydrogen (secondary N) is 1. The Morgan fingerprint density at radius 1 is 1.22 bits per heavy atom. The van der Waals surface area contributed by atoms with Gasteiger partial charge in [0.15, 0.2) is 0 Å². The molecule has 2 rings (SSSR count). The summed E-state index contributed by atoms with van der Waals surface area (Å²) in [5, 5.41) is 3.69. The number of hydrogen-bond donors (Lipinski definition) is 1. The molecule has 18 heavy (non-hydrogen) atoms. The molecule has 1 saturated carbocycles. The van der Waals surface area contributed by atoms with E-state index in [4.69, 9.17) is 0 Å². The molecule has 1 N–H and O–H groups in total. The quantitative estimate of drug-likeness (QED) is 0.795. The zero-order chi connectivity index (χ0) is 12.6. The SMILES string of the molecule is CCNC(CSCc1ccccc1)C1CCCC1. The Hall–Kier alpha value is -0.470. The van der Waals surface area contributed by atoms with Crippen molar-refractivity contribution in [2.75, 3.05) is 12.3 Å². The lowest BCUT2D eigenvalue weighted by molar-refractivity contribution is 0.394. The van der Waals surface area contributed by atoms with Gasteiger partial charge in [0.1, 0.15) is 0 Å². The van der Waals surface area contributed by atoms with E-state index in [1.54, 1.807) is 0 Å². The average Bonchev–Trinajstić information content (AvgIpc) is 2.93. The summed E-state index contributed by atoms with van der Waals surface area (Å²) in [6.07, 6.45) is 5.75. The first-order valence-corrected chi connectivity index (χ1v) is 8.40. The third kappa shape index (κ3) is 4.33. The van der Waals surface area contributed by atoms with Gasteiger partial charge in [-0.15, -0.1) is 0 Å². The Labute approximate surface area is 116 Å². The molecule has 100 valence electrons. The highest BCUT2D eigenvalue weighted by Crippen LogP contribution is 2.29. The summed E-state index contributed by atoms with van der Waals surface area (Å²) in [6.45, 7) is 3.33. The highest BCUT2D eigenvalue weighted by atomic mass is 32.2. The van der Waals surface area contributed by atoms with Gasteiger partial charge in [0.25, 0.3) is 0 Å². The first-order valence-electron chi connectivity index (χ1n) is 7.25. The van der Waals surface area contributed by atoms with E-state index in [1.807, 2.05) is 0 Å². The molecule has 0 aliphatic heterocycles. The third-order valence-electron chi connectivity index (χ3n) is 3.84. The minimum atomic E-state index is 0.728. The van der Waals surface area contributed by atoms with Gasteiger partial charge in [-0.3, -0.25) is 0 Å². The molecule has 1 unspecified atom stereocenters. The normalized spacial score (nSPS) is 18.1. The van der Waals surface area contributed by atoms with Gasteiger partial charge in [-0.05, 0) is 30.9 Å². The molecule has 0 amide bonds. The van der Waals surface area contributed by atoms with E-state index in [0.717, 1.165) is 24.3 Å². The molecule has 0 bridgehead atoms. The van der Waals surface area contributed by atoms with E-state index in [1.165, 1.54) is 37.0 Å². The molecule has 1 aromatic carbocycles. The Kier molecular flexibility index (Phi) is 6.09. The van der Waals surface area contributed by atoms with Crippen molar-refractivity contribution < 1.29 is 0 Å². The van der Waals surface area contributed by atoms with Crippen LogP contribution in [-0.2, 0) is 5.75 Å². The molecule has 1 aliphatic rings. The minimum Gasteiger partial charge on any atom is -0.313 e. The topological polar surface area (TPSA) is 12.0 Å². The number of benzene rings is 1. The molecule has 1 aromatic rings. The van der Waals surface area contributed by atoms with Crippen molar-refractivity contribution in [3.63, 3.8) is 0 Å². The fourth-order valence-corrected chi connectivity index (χ4v) is 4.05. The van der Waals surface area contributed by atoms with Crippen LogP contribution in [0.3, 0.4) is 0 Å². The summed E-state index contributed by atoms with van der Waals surface area (Å²) in [4.78, 5) is 0. The zero-order valence-corrected chi connectivity index (χ0v) is 12.2. The molecule has 1 atom stereocenters. The molecule has 1 fully saturated rings. The van der Waals surface area contributed by atoms with E-state index in [-0.39, 0.29) is 0 Å². The van der Waals surface area contributed by atoms with Crippen LogP contribution in [0.2, 0.25) is 0 Å². The van der Waals surface area contributed by atoms with Gasteiger partial charge in [-0.1, -0.05) is 50.1 Å². The number of thioether (sulfide) groups is 1. The maximum absolute atomic E-state index is 3.69. The van der Waals surface area contributed by atoms with Crippen LogP contribution in [0.25, 0.3) is 0 Å². The maximum Gasteiger partial charge on any atom is 0.0186 e. The minimum absolute atomic E-state index is 0.728. The first kappa shape index (κ1) is 14.0. The van der Waals surface area contributed by atoms with Crippen LogP contribution >= 0.6 is 11.8 Å². The predicted octanol–water partition coefficient (Wildman–Crippen LogP) is 4.09. The van der Waals surface area contributed by atoms with Crippen molar-refractivity contribution in [2.24, 2.45) is 5.92 Å². The molecular formula is C16H25NS. The van der Waals surface area contributed by atoms with Gasteiger partial charge in [0.2, 0.25) is 0 Å². The largest absolute Gasteiger partial charge is 0.313 e. The van der Waals surface area contributed by atoms with Crippen molar-refractivity contribution in [1.29, 1.82) is 0 Å². The van der Waals surface area contributed by atoms with Crippen LogP contribution in [0.1, 0.15) is 38.2 Å². The fourth-order valence-electron chi connectivity index (χ4n) is 2.86. The first-order chi connectivity index (χ1) is 8.90. The Morgan fingerprint density at radius 2 is 1.94 bits per heavy atom. The van der Waals surface area contributed by atoms with Crippen molar-refractivity contribution in [3.8, 4) is 0 Å². The van der Waals surface area contributed by atoms with Crippen molar-refractivity contribution in [2.45, 2.75) is 44.4 Å². The number of rotatable bonds is 7. The summed E-state index contributed by atoms with van der Waals surface area (Å²) >= 11 is 2.08. The molecule has 0 radical (unpaired) electrons. The van der Waals surface area contributed by atoms with E-state index < -0.39 is 0 Å². The summed E-state index contributed by atoms with van der Waals surface area (Å²) in [7, 11) is 0. The highest BCUT2D eigenvalue weighted by molar-refractivity contribution is 7.98. The van der Waals surface area contributed by atoms with Crippen LogP contribution in [0.15, 0.2) is 30.3 Å². The van der Waals surface area contributed by atoms with Gasteiger partial charge >= 0.3 is 0 Å². The average molecular weight is 263 g/mol. The second kappa shape index (κ2) is 7.85. The van der Waals surface area contributed by atoms with E-state index in [9.17, 15) is 0 Å². The van der Waals surface area contributed by atoms with Crippen LogP contribution in [0.4, 0.5) is 0 Å². The standard InChI is InChI=1S/C16H25NS/c1-2-17-16(15-10-6-7-11-15)13-18-12-14-8-4-3-5-9-14/h3-5,8-9,15-17H,2,6-7,10-13H2,1H3. The second-order valence-electron chi connectivity index (χ2n) is 5.21. The Morgan fingerprint density at radius 3 is 2.61 bits per heavy atom. The van der Waals surface area contributed by atoms with Crippen molar-refractivity contribution >= 4 is 11.8 Å². The van der Waals surface area contributed by atoms with Crippen molar-refractivity contribution in [3.05, 3.63) is 35.9 Å². The van der Waals surface area contributed by atoms with Crippen LogP contribution in [-0.4, -0.2) is 18.3 Å². The molecule has 1 nitrogen and oxygen atoms in total. The van der Waals surface area contributed by atoms with Crippen LogP contribution in [0.5, 0.6) is 0 Å². The van der Waals surface area contributed by atoms with Crippen molar-refractivity contribution in [1.82, 2.24) is 5.32 Å². The fraction of sp³-hybridized carbons (Fsp3) is 0.625. The summed E-state index contributed by atoms with van der Waals surface area (Å²) in [5.41, 5.74) is 1.45. The zero-order valence-electron chi connectivity index (χ0n) is 11.4. The van der Waals surface area contributed by atoms with E-state index in [0.29, 0.717) is 0 Å². The van der Waals surface area contributed by atoms with Gasteiger partial charge in [-0.25, -0.2) is 0 Å². The molecule has 0 aromatic heterocycles. The lowest BCUT2D eigenvalue weighted by Gasteiger charge is -2.24. The lowest BCUT2D eigenvalue weighted by Crippen LogP contribution is -2.37. The van der Waals surface area contributed by atoms with Crippen LogP contribution in [0, 0.1) is 5.92 Å². The van der Waals surface area contributed by atoms with Gasteiger partial charge in [-0.2, -0.15) is 11.8 Å². The molecular weight excluding hydrogens is 238 g/mol. The second-order valence-corrected chi connectivity index (χ2v) is 6.24. The lowest BCUT2D eigenvalue weighted by atomic mass is 10.00. The van der Waals surface area contributed by atoms with Gasteiger partial charge < -0.3 is 5.32 Å². The van der Waals surface area contributed by atoms with Gasteiger partial charge in [0.05, 0.1) is 0 Å². The van der Waals surface area contributed by atoms with Crippen LogP contribution < -0.4 is 5.32 Å². The third-order valence-corrected chi connectivity index (χ3v) is 4.98. The Bertz CT molecular complexity index is 319. The summed E-state index contributed by atoms with van der Waals surface area (Å²) in [5.74, 6) is 3.33. The smallest absolute Gasteiger partial charge is 0.0186 e. The summed E-state index contributed by atoms with van der Waals surface area (Å²) < 4.78 is 0. The van der Waals surface area contributed by atoms with Gasteiger partial charge in [0, 0.05) is 17.5 Å². The monoisotopic (exact) mass is 263 g/mol. The molecule has 1 aliphatic carbocycles. The maximum atomic E-state index is 3.69. The molecule has 0 spiro atoms. The van der Waals surface area contributed by atoms with E-state index >= 15 is 0 Å². The predicted molar refractivity (Wildman–Crippen MR) is 82.0 cm³/mol. The Balaban J connectivity index is 1.75. The molecule has 0 heterocycles. The highest BCUT2D eigenvalue weighted by Gasteiger charge is 2.23. The van der Waals surface area contributed by atoms with E-state index in [2.05, 4.69) is 54.3 Å². The molecule has 0 saturated heterocycles. The summed E-state index contributed by atoms with van der Waals surface area (Å²) in [6, 6.07) is 11.5. The number of hydrogen-bond acceptors (Lipinski definition) is 2. The molecule has 2 heteroatoms.